The number of anilines is 1. The highest BCUT2D eigenvalue weighted by Crippen LogP contribution is 2.35. The van der Waals surface area contributed by atoms with Crippen LogP contribution in [0.2, 0.25) is 0 Å². The highest BCUT2D eigenvalue weighted by atomic mass is 19.1. The molecule has 0 spiro atoms. The molecule has 2 heterocycles. The van der Waals surface area contributed by atoms with Crippen molar-refractivity contribution in [1.82, 2.24) is 9.55 Å². The average molecular weight is 339 g/mol. The van der Waals surface area contributed by atoms with E-state index in [1.54, 1.807) is 6.07 Å². The predicted octanol–water partition coefficient (Wildman–Crippen LogP) is 3.83. The van der Waals surface area contributed by atoms with E-state index in [2.05, 4.69) is 10.3 Å². The lowest BCUT2D eigenvalue weighted by atomic mass is 10.0. The van der Waals surface area contributed by atoms with Crippen molar-refractivity contribution in [2.75, 3.05) is 5.32 Å². The van der Waals surface area contributed by atoms with Crippen LogP contribution in [-0.4, -0.2) is 15.5 Å². The van der Waals surface area contributed by atoms with Crippen LogP contribution in [0.15, 0.2) is 36.4 Å². The van der Waals surface area contributed by atoms with Gasteiger partial charge in [-0.05, 0) is 49.7 Å². The Bertz CT molecular complexity index is 980. The van der Waals surface area contributed by atoms with E-state index in [4.69, 9.17) is 4.74 Å². The van der Waals surface area contributed by atoms with Gasteiger partial charge in [0.2, 0.25) is 5.91 Å². The molecule has 1 atom stereocenters. The molecule has 1 amide bonds. The van der Waals surface area contributed by atoms with Gasteiger partial charge in [0.05, 0.1) is 17.0 Å². The second-order valence-electron chi connectivity index (χ2n) is 6.15. The number of carbonyl (C=O) groups is 1. The van der Waals surface area contributed by atoms with Crippen molar-refractivity contribution in [2.24, 2.45) is 0 Å². The van der Waals surface area contributed by atoms with Crippen LogP contribution in [0, 0.1) is 5.82 Å². The Morgan fingerprint density at radius 2 is 2.12 bits per heavy atom. The number of amides is 1. The first-order valence-electron chi connectivity index (χ1n) is 8.29. The molecule has 1 N–H and O–H groups in total. The van der Waals surface area contributed by atoms with Gasteiger partial charge in [-0.3, -0.25) is 4.79 Å². The van der Waals surface area contributed by atoms with Crippen LogP contribution in [0.25, 0.3) is 11.0 Å². The zero-order valence-corrected chi connectivity index (χ0v) is 14.0. The van der Waals surface area contributed by atoms with Crippen molar-refractivity contribution in [1.29, 1.82) is 0 Å². The van der Waals surface area contributed by atoms with E-state index in [-0.39, 0.29) is 24.2 Å². The third-order valence-corrected chi connectivity index (χ3v) is 4.61. The molecule has 1 aliphatic rings. The average Bonchev–Trinajstić information content (AvgIpc) is 3.09. The minimum absolute atomic E-state index is 0.00181. The van der Waals surface area contributed by atoms with Crippen LogP contribution >= 0.6 is 0 Å². The lowest BCUT2D eigenvalue weighted by Gasteiger charge is -2.10. The minimum Gasteiger partial charge on any atom is -0.486 e. The third-order valence-electron chi connectivity index (χ3n) is 4.61. The van der Waals surface area contributed by atoms with Gasteiger partial charge in [-0.1, -0.05) is 0 Å². The molecule has 2 aromatic carbocycles. The van der Waals surface area contributed by atoms with Crippen molar-refractivity contribution in [2.45, 2.75) is 32.9 Å². The van der Waals surface area contributed by atoms with Crippen molar-refractivity contribution >= 4 is 22.6 Å². The van der Waals surface area contributed by atoms with Crippen LogP contribution < -0.4 is 10.1 Å². The maximum absolute atomic E-state index is 13.4. The molecular formula is C19H18FN3O2. The fourth-order valence-corrected chi connectivity index (χ4v) is 3.25. The number of hydrogen-bond acceptors (Lipinski definition) is 3. The monoisotopic (exact) mass is 339 g/mol. The normalized spacial score (nSPS) is 16.1. The molecule has 0 saturated heterocycles. The van der Waals surface area contributed by atoms with Crippen LogP contribution in [-0.2, 0) is 17.9 Å². The second kappa shape index (κ2) is 5.88. The molecule has 1 aliphatic heterocycles. The number of carbonyl (C=O) groups excluding carboxylic acids is 1. The number of aromatic nitrogens is 2. The van der Waals surface area contributed by atoms with Crippen LogP contribution in [0.3, 0.4) is 0 Å². The van der Waals surface area contributed by atoms with Gasteiger partial charge >= 0.3 is 0 Å². The lowest BCUT2D eigenvalue weighted by molar-refractivity contribution is -0.116. The summed E-state index contributed by atoms with van der Waals surface area (Å²) in [4.78, 5) is 16.2. The standard InChI is InChI=1S/C19H18FN3O2/c1-3-23-17-7-4-12(20)8-16(17)21-18(23)10-25-13-5-6-15-14(9-13)11(2)19(24)22-15/h4-9,11H,3,10H2,1-2H3,(H,22,24). The number of nitrogens with zero attached hydrogens (tertiary/aromatic N) is 2. The molecule has 1 aromatic heterocycles. The van der Waals surface area contributed by atoms with Gasteiger partial charge in [0.1, 0.15) is 24.0 Å². The Morgan fingerprint density at radius 1 is 1.28 bits per heavy atom. The summed E-state index contributed by atoms with van der Waals surface area (Å²) in [7, 11) is 0. The molecule has 0 bridgehead atoms. The molecule has 1 unspecified atom stereocenters. The summed E-state index contributed by atoms with van der Waals surface area (Å²) in [5.74, 6) is 0.947. The van der Waals surface area contributed by atoms with E-state index < -0.39 is 0 Å². The summed E-state index contributed by atoms with van der Waals surface area (Å²) < 4.78 is 21.3. The molecular weight excluding hydrogens is 321 g/mol. The first kappa shape index (κ1) is 15.6. The maximum Gasteiger partial charge on any atom is 0.231 e. The van der Waals surface area contributed by atoms with E-state index >= 15 is 0 Å². The number of halogens is 1. The number of rotatable bonds is 4. The van der Waals surface area contributed by atoms with Crippen molar-refractivity contribution in [3.05, 3.63) is 53.6 Å². The fourth-order valence-electron chi connectivity index (χ4n) is 3.25. The highest BCUT2D eigenvalue weighted by Gasteiger charge is 2.26. The van der Waals surface area contributed by atoms with Gasteiger partial charge < -0.3 is 14.6 Å². The summed E-state index contributed by atoms with van der Waals surface area (Å²) in [6.45, 7) is 4.89. The van der Waals surface area contributed by atoms with E-state index in [0.717, 1.165) is 29.1 Å². The van der Waals surface area contributed by atoms with Crippen LogP contribution in [0.4, 0.5) is 10.1 Å². The van der Waals surface area contributed by atoms with Gasteiger partial charge in [0, 0.05) is 18.3 Å². The number of nitrogens with one attached hydrogen (secondary N) is 1. The highest BCUT2D eigenvalue weighted by molar-refractivity contribution is 6.02. The topological polar surface area (TPSA) is 56.1 Å². The number of imidazole rings is 1. The quantitative estimate of drug-likeness (QED) is 0.786. The lowest BCUT2D eigenvalue weighted by Crippen LogP contribution is -2.08. The summed E-state index contributed by atoms with van der Waals surface area (Å²) in [6.07, 6.45) is 0. The summed E-state index contributed by atoms with van der Waals surface area (Å²) in [6, 6.07) is 10.2. The summed E-state index contributed by atoms with van der Waals surface area (Å²) >= 11 is 0. The number of aryl methyl sites for hydroxylation is 1. The van der Waals surface area contributed by atoms with Gasteiger partial charge in [-0.25, -0.2) is 9.37 Å². The first-order valence-corrected chi connectivity index (χ1v) is 8.29. The van der Waals surface area contributed by atoms with Crippen molar-refractivity contribution < 1.29 is 13.9 Å². The van der Waals surface area contributed by atoms with Gasteiger partial charge in [-0.2, -0.15) is 0 Å². The zero-order chi connectivity index (χ0) is 17.6. The minimum atomic E-state index is -0.300. The van der Waals surface area contributed by atoms with Gasteiger partial charge in [0.25, 0.3) is 0 Å². The zero-order valence-electron chi connectivity index (χ0n) is 14.0. The molecule has 0 radical (unpaired) electrons. The number of benzene rings is 2. The molecule has 3 aromatic rings. The molecule has 0 aliphatic carbocycles. The van der Waals surface area contributed by atoms with E-state index in [9.17, 15) is 9.18 Å². The van der Waals surface area contributed by atoms with Gasteiger partial charge in [0.15, 0.2) is 0 Å². The largest absolute Gasteiger partial charge is 0.486 e. The van der Waals surface area contributed by atoms with E-state index in [1.807, 2.05) is 36.6 Å². The van der Waals surface area contributed by atoms with Crippen LogP contribution in [0.1, 0.15) is 31.2 Å². The smallest absolute Gasteiger partial charge is 0.231 e. The first-order chi connectivity index (χ1) is 12.1. The molecule has 6 heteroatoms. The molecule has 128 valence electrons. The van der Waals surface area contributed by atoms with Crippen molar-refractivity contribution in [3.63, 3.8) is 0 Å². The fraction of sp³-hybridized carbons (Fsp3) is 0.263. The molecule has 5 nitrogen and oxygen atoms in total. The van der Waals surface area contributed by atoms with E-state index in [0.29, 0.717) is 11.3 Å². The molecule has 4 rings (SSSR count). The Balaban J connectivity index is 1.60. The molecule has 25 heavy (non-hydrogen) atoms. The SMILES string of the molecule is CCn1c(COc2ccc3c(c2)C(C)C(=O)N3)nc2cc(F)ccc21. The Labute approximate surface area is 144 Å². The van der Waals surface area contributed by atoms with Gasteiger partial charge in [-0.15, -0.1) is 0 Å². The third kappa shape index (κ3) is 2.63. The Morgan fingerprint density at radius 3 is 2.92 bits per heavy atom. The second-order valence-corrected chi connectivity index (χ2v) is 6.15. The van der Waals surface area contributed by atoms with Crippen molar-refractivity contribution in [3.8, 4) is 5.75 Å². The predicted molar refractivity (Wildman–Crippen MR) is 93.2 cm³/mol. The number of fused-ring (bicyclic) bond motifs is 2. The summed E-state index contributed by atoms with van der Waals surface area (Å²) in [5, 5.41) is 2.84. The molecule has 0 saturated carbocycles. The Kier molecular flexibility index (Phi) is 3.67. The number of ether oxygens (including phenoxy) is 1. The van der Waals surface area contributed by atoms with E-state index in [1.165, 1.54) is 12.1 Å². The number of hydrogen-bond donors (Lipinski definition) is 1. The van der Waals surface area contributed by atoms with Crippen LogP contribution in [0.5, 0.6) is 5.75 Å². The Hall–Kier alpha value is -2.89. The molecule has 0 fully saturated rings. The summed E-state index contributed by atoms with van der Waals surface area (Å²) in [5.41, 5.74) is 3.28. The maximum atomic E-state index is 13.4.